The number of likely N-dealkylation sites (tertiary alicyclic amines) is 1. The Labute approximate surface area is 391 Å². The number of aryl methyl sites for hydroxylation is 1. The van der Waals surface area contributed by atoms with E-state index in [4.69, 9.17) is 21.3 Å². The topological polar surface area (TPSA) is 197 Å². The summed E-state index contributed by atoms with van der Waals surface area (Å²) >= 11 is 6.59. The van der Waals surface area contributed by atoms with Gasteiger partial charge in [0.05, 0.1) is 44.6 Å². The maximum absolute atomic E-state index is 13.4. The summed E-state index contributed by atoms with van der Waals surface area (Å²) in [5.41, 5.74) is 5.43. The highest BCUT2D eigenvalue weighted by atomic mass is 35.5. The normalized spacial score (nSPS) is 17.1. The number of fused-ring (bicyclic) bond motifs is 1. The quantitative estimate of drug-likeness (QED) is 0.0759. The third kappa shape index (κ3) is 10.9. The minimum absolute atomic E-state index is 0.0366. The Bertz CT molecular complexity index is 2630. The van der Waals surface area contributed by atoms with Crippen molar-refractivity contribution in [3.05, 3.63) is 111 Å². The number of rotatable bonds is 18. The fourth-order valence-corrected chi connectivity index (χ4v) is 10.4. The van der Waals surface area contributed by atoms with Crippen LogP contribution in [0.15, 0.2) is 65.7 Å². The Balaban J connectivity index is 0.887. The fraction of sp³-hybridized carbons (Fsp3) is 0.449. The van der Waals surface area contributed by atoms with E-state index in [1.165, 1.54) is 5.56 Å². The first-order valence-corrected chi connectivity index (χ1v) is 24.6. The molecule has 3 N–H and O–H groups in total. The second kappa shape index (κ2) is 20.9. The zero-order chi connectivity index (χ0) is 47.3. The van der Waals surface area contributed by atoms with E-state index in [1.807, 2.05) is 19.9 Å². The van der Waals surface area contributed by atoms with Gasteiger partial charge in [-0.25, -0.2) is 18.4 Å². The molecule has 66 heavy (non-hydrogen) atoms. The van der Waals surface area contributed by atoms with Crippen molar-refractivity contribution in [2.75, 3.05) is 38.0 Å². The summed E-state index contributed by atoms with van der Waals surface area (Å²) in [5.74, 6) is -0.602. The van der Waals surface area contributed by atoms with Crippen LogP contribution in [-0.4, -0.2) is 108 Å². The standard InChI is InChI=1S/C49H58ClN7O8S/c1-29(2)65-41-26-36(31(5)23-34(41)25-43-53-27-37(50)39(54-43)24-33-11-6-7-14-42(33)66(63,64)30(3)4)32-17-21-56(22-18-32)28-45(59)52-20-9-8-19-51-38-13-10-12-35-46(38)49(62)57(48(35)61)40-15-16-44(58)55-47(40)60/h6-7,10-14,23,26-27,29-30,32,40,51H,8-9,15-22,24-25,28H2,1-5H3,(H,52,59)(H,55,58,60). The third-order valence-corrected chi connectivity index (χ3v) is 15.0. The molecule has 0 radical (unpaired) electrons. The maximum atomic E-state index is 13.4. The highest BCUT2D eigenvalue weighted by Gasteiger charge is 2.45. The molecular formula is C49H58ClN7O8S. The molecule has 0 saturated carbocycles. The van der Waals surface area contributed by atoms with Crippen LogP contribution in [0.2, 0.25) is 5.02 Å². The van der Waals surface area contributed by atoms with Crippen molar-refractivity contribution in [1.29, 1.82) is 0 Å². The Morgan fingerprint density at radius 3 is 2.39 bits per heavy atom. The van der Waals surface area contributed by atoms with E-state index >= 15 is 0 Å². The number of carbonyl (C=O) groups excluding carboxylic acids is 5. The van der Waals surface area contributed by atoms with Gasteiger partial charge in [0.25, 0.3) is 11.8 Å². The zero-order valence-electron chi connectivity index (χ0n) is 38.1. The lowest BCUT2D eigenvalue weighted by Gasteiger charge is -2.33. The van der Waals surface area contributed by atoms with Gasteiger partial charge < -0.3 is 15.4 Å². The van der Waals surface area contributed by atoms with Crippen LogP contribution in [0.25, 0.3) is 0 Å². The summed E-state index contributed by atoms with van der Waals surface area (Å²) in [4.78, 5) is 76.4. The Morgan fingerprint density at radius 1 is 0.924 bits per heavy atom. The number of anilines is 1. The number of sulfone groups is 1. The number of hydrogen-bond acceptors (Lipinski definition) is 12. The SMILES string of the molecule is Cc1cc(Cc2ncc(Cl)c(Cc3ccccc3S(=O)(=O)C(C)C)n2)c(OC(C)C)cc1C1CCN(CC(=O)NCCCCNc2cccc3c2C(=O)N(C2CCC(=O)NC2=O)C3=O)CC1. The van der Waals surface area contributed by atoms with E-state index in [9.17, 15) is 32.4 Å². The number of piperidine rings is 2. The molecule has 3 aliphatic rings. The van der Waals surface area contributed by atoms with Gasteiger partial charge in [-0.3, -0.25) is 39.1 Å². The van der Waals surface area contributed by atoms with Gasteiger partial charge in [0.2, 0.25) is 17.7 Å². The number of aromatic nitrogens is 2. The van der Waals surface area contributed by atoms with E-state index in [0.29, 0.717) is 72.6 Å². The Morgan fingerprint density at radius 2 is 1.67 bits per heavy atom. The van der Waals surface area contributed by atoms with Gasteiger partial charge in [-0.2, -0.15) is 0 Å². The summed E-state index contributed by atoms with van der Waals surface area (Å²) in [5, 5.41) is 8.30. The largest absolute Gasteiger partial charge is 0.491 e. The second-order valence-corrected chi connectivity index (χ2v) is 20.7. The molecule has 15 nitrogen and oxygen atoms in total. The fourth-order valence-electron chi connectivity index (χ4n) is 8.91. The summed E-state index contributed by atoms with van der Waals surface area (Å²) in [6.45, 7) is 12.3. The molecular weight excluding hydrogens is 882 g/mol. The van der Waals surface area contributed by atoms with Crippen molar-refractivity contribution in [2.45, 2.75) is 114 Å². The average Bonchev–Trinajstić information content (AvgIpc) is 3.53. The first-order chi connectivity index (χ1) is 31.5. The monoisotopic (exact) mass is 939 g/mol. The number of ether oxygens (including phenoxy) is 1. The smallest absolute Gasteiger partial charge is 0.264 e. The van der Waals surface area contributed by atoms with Gasteiger partial charge in [0, 0.05) is 49.8 Å². The molecule has 1 unspecified atom stereocenters. The molecule has 7 rings (SSSR count). The van der Waals surface area contributed by atoms with Crippen LogP contribution < -0.4 is 20.7 Å². The van der Waals surface area contributed by atoms with Crippen LogP contribution in [0.4, 0.5) is 5.69 Å². The van der Waals surface area contributed by atoms with Gasteiger partial charge >= 0.3 is 0 Å². The highest BCUT2D eigenvalue weighted by molar-refractivity contribution is 7.92. The van der Waals surface area contributed by atoms with Crippen molar-refractivity contribution in [3.63, 3.8) is 0 Å². The highest BCUT2D eigenvalue weighted by Crippen LogP contribution is 2.36. The number of unbranched alkanes of at least 4 members (excludes halogenated alkanes) is 1. The molecule has 0 spiro atoms. The van der Waals surface area contributed by atoms with Gasteiger partial charge in [-0.1, -0.05) is 41.9 Å². The number of carbonyl (C=O) groups is 5. The molecule has 1 atom stereocenters. The molecule has 4 heterocycles. The lowest BCUT2D eigenvalue weighted by Crippen LogP contribution is -2.54. The number of nitrogens with one attached hydrogen (secondary N) is 3. The van der Waals surface area contributed by atoms with Crippen LogP contribution in [0.1, 0.15) is 127 Å². The van der Waals surface area contributed by atoms with Crippen molar-refractivity contribution in [3.8, 4) is 5.75 Å². The molecule has 4 aromatic rings. The van der Waals surface area contributed by atoms with E-state index in [-0.39, 0.29) is 47.3 Å². The first kappa shape index (κ1) is 48.2. The lowest BCUT2D eigenvalue weighted by atomic mass is 9.85. The van der Waals surface area contributed by atoms with E-state index in [1.54, 1.807) is 56.4 Å². The van der Waals surface area contributed by atoms with Crippen molar-refractivity contribution < 1.29 is 37.1 Å². The number of nitrogens with zero attached hydrogens (tertiary/aromatic N) is 4. The zero-order valence-corrected chi connectivity index (χ0v) is 39.7. The number of hydrogen-bond donors (Lipinski definition) is 3. The predicted octanol–water partition coefficient (Wildman–Crippen LogP) is 6.18. The lowest BCUT2D eigenvalue weighted by molar-refractivity contribution is -0.136. The number of amides is 5. The van der Waals surface area contributed by atoms with Gasteiger partial charge in [-0.15, -0.1) is 0 Å². The molecule has 5 amide bonds. The first-order valence-electron chi connectivity index (χ1n) is 22.7. The van der Waals surface area contributed by atoms with Gasteiger partial charge in [0.15, 0.2) is 9.84 Å². The number of halogens is 1. The molecule has 3 aromatic carbocycles. The Hall–Kier alpha value is -5.71. The number of imide groups is 2. The van der Waals surface area contributed by atoms with Crippen molar-refractivity contribution >= 4 is 56.7 Å². The van der Waals surface area contributed by atoms with E-state index in [2.05, 4.69) is 44.9 Å². The average molecular weight is 941 g/mol. The van der Waals surface area contributed by atoms with Crippen LogP contribution in [0.3, 0.4) is 0 Å². The summed E-state index contributed by atoms with van der Waals surface area (Å²) < 4.78 is 32.7. The van der Waals surface area contributed by atoms with E-state index < -0.39 is 44.8 Å². The van der Waals surface area contributed by atoms with Crippen LogP contribution >= 0.6 is 11.6 Å². The summed E-state index contributed by atoms with van der Waals surface area (Å²) in [6.07, 6.45) is 5.47. The van der Waals surface area contributed by atoms with Crippen molar-refractivity contribution in [2.24, 2.45) is 0 Å². The number of benzene rings is 3. The van der Waals surface area contributed by atoms with Crippen LogP contribution in [0.5, 0.6) is 5.75 Å². The maximum Gasteiger partial charge on any atom is 0.264 e. The van der Waals surface area contributed by atoms with E-state index in [0.717, 1.165) is 47.7 Å². The second-order valence-electron chi connectivity index (χ2n) is 17.8. The predicted molar refractivity (Wildman–Crippen MR) is 251 cm³/mol. The molecule has 0 bridgehead atoms. The van der Waals surface area contributed by atoms with Crippen LogP contribution in [0, 0.1) is 6.92 Å². The molecule has 350 valence electrons. The summed E-state index contributed by atoms with van der Waals surface area (Å²) in [7, 11) is -3.52. The Kier molecular flexibility index (Phi) is 15.2. The minimum atomic E-state index is -3.52. The molecule has 1 aromatic heterocycles. The van der Waals surface area contributed by atoms with Gasteiger partial charge in [0.1, 0.15) is 17.6 Å². The molecule has 2 fully saturated rings. The van der Waals surface area contributed by atoms with Gasteiger partial charge in [-0.05, 0) is 127 Å². The molecule has 17 heteroatoms. The minimum Gasteiger partial charge on any atom is -0.491 e. The molecule has 3 aliphatic heterocycles. The molecule has 2 saturated heterocycles. The summed E-state index contributed by atoms with van der Waals surface area (Å²) in [6, 6.07) is 15.2. The molecule has 0 aliphatic carbocycles. The third-order valence-electron chi connectivity index (χ3n) is 12.4. The van der Waals surface area contributed by atoms with Crippen LogP contribution in [-0.2, 0) is 37.1 Å². The van der Waals surface area contributed by atoms with Crippen molar-refractivity contribution in [1.82, 2.24) is 30.4 Å².